The molecular formula is C10H13N5O2. The molecule has 1 aromatic heterocycles. The summed E-state index contributed by atoms with van der Waals surface area (Å²) < 4.78 is 0. The van der Waals surface area contributed by atoms with Crippen LogP contribution in [0.4, 0.5) is 17.3 Å². The predicted molar refractivity (Wildman–Crippen MR) is 62.6 cm³/mol. The smallest absolute Gasteiger partial charge is 0.311 e. The molecule has 0 amide bonds. The quantitative estimate of drug-likeness (QED) is 0.510. The Balaban J connectivity index is 1.72. The lowest BCUT2D eigenvalue weighted by molar-refractivity contribution is -0.384. The van der Waals surface area contributed by atoms with Gasteiger partial charge in [0.15, 0.2) is 0 Å². The number of nitrogens with two attached hydrogens (primary N) is 1. The summed E-state index contributed by atoms with van der Waals surface area (Å²) in [6.07, 6.45) is 0. The van der Waals surface area contributed by atoms with Gasteiger partial charge >= 0.3 is 5.69 Å². The van der Waals surface area contributed by atoms with Crippen LogP contribution in [0.1, 0.15) is 0 Å². The van der Waals surface area contributed by atoms with Crippen molar-refractivity contribution in [2.24, 2.45) is 11.8 Å². The number of pyridine rings is 1. The third kappa shape index (κ3) is 1.68. The van der Waals surface area contributed by atoms with Crippen molar-refractivity contribution in [1.82, 2.24) is 10.3 Å². The zero-order valence-corrected chi connectivity index (χ0v) is 9.09. The number of nitrogens with one attached hydrogen (secondary N) is 2. The van der Waals surface area contributed by atoms with Gasteiger partial charge in [-0.3, -0.25) is 10.1 Å². The highest BCUT2D eigenvalue weighted by atomic mass is 16.6. The van der Waals surface area contributed by atoms with Crippen LogP contribution in [0.3, 0.4) is 0 Å². The van der Waals surface area contributed by atoms with E-state index < -0.39 is 4.92 Å². The number of fused-ring (bicyclic) bond motifs is 1. The van der Waals surface area contributed by atoms with Crippen molar-refractivity contribution in [3.05, 3.63) is 22.2 Å². The summed E-state index contributed by atoms with van der Waals surface area (Å²) >= 11 is 0. The zero-order valence-electron chi connectivity index (χ0n) is 9.09. The van der Waals surface area contributed by atoms with E-state index >= 15 is 0 Å². The van der Waals surface area contributed by atoms with E-state index in [-0.39, 0.29) is 11.5 Å². The molecule has 4 N–H and O–H groups in total. The molecule has 2 atom stereocenters. The highest BCUT2D eigenvalue weighted by molar-refractivity contribution is 5.57. The second-order valence-corrected chi connectivity index (χ2v) is 4.51. The van der Waals surface area contributed by atoms with Crippen LogP contribution in [0.2, 0.25) is 0 Å². The Morgan fingerprint density at radius 1 is 1.47 bits per heavy atom. The summed E-state index contributed by atoms with van der Waals surface area (Å²) in [5, 5.41) is 17.2. The van der Waals surface area contributed by atoms with E-state index in [0.717, 1.165) is 13.1 Å². The van der Waals surface area contributed by atoms with Gasteiger partial charge in [0.05, 0.1) is 4.92 Å². The highest BCUT2D eigenvalue weighted by Gasteiger charge is 2.53. The molecule has 7 heteroatoms. The Morgan fingerprint density at radius 2 is 2.18 bits per heavy atom. The van der Waals surface area contributed by atoms with Gasteiger partial charge in [-0.05, 0) is 17.9 Å². The Labute approximate surface area is 97.6 Å². The second-order valence-electron chi connectivity index (χ2n) is 4.51. The molecule has 1 aliphatic carbocycles. The van der Waals surface area contributed by atoms with Gasteiger partial charge in [0, 0.05) is 25.2 Å². The molecule has 2 unspecified atom stereocenters. The summed E-state index contributed by atoms with van der Waals surface area (Å²) in [5.74, 6) is 1.90. The topological polar surface area (TPSA) is 106 Å². The summed E-state index contributed by atoms with van der Waals surface area (Å²) in [7, 11) is 0. The van der Waals surface area contributed by atoms with Crippen molar-refractivity contribution in [2.75, 3.05) is 24.1 Å². The van der Waals surface area contributed by atoms with Crippen molar-refractivity contribution in [3.63, 3.8) is 0 Å². The maximum atomic E-state index is 10.6. The van der Waals surface area contributed by atoms with Gasteiger partial charge in [-0.2, -0.15) is 0 Å². The second kappa shape index (κ2) is 3.56. The van der Waals surface area contributed by atoms with Gasteiger partial charge < -0.3 is 16.4 Å². The normalized spacial score (nSPS) is 29.8. The third-order valence-corrected chi connectivity index (χ3v) is 3.51. The highest BCUT2D eigenvalue weighted by Crippen LogP contribution is 2.43. The molecule has 1 aliphatic heterocycles. The first-order valence-corrected chi connectivity index (χ1v) is 5.55. The minimum absolute atomic E-state index is 0.0380. The van der Waals surface area contributed by atoms with Crippen LogP contribution in [-0.2, 0) is 0 Å². The Kier molecular flexibility index (Phi) is 2.15. The number of nitrogens with zero attached hydrogens (tertiary/aromatic N) is 2. The number of aromatic nitrogens is 1. The summed E-state index contributed by atoms with van der Waals surface area (Å²) in [4.78, 5) is 14.1. The van der Waals surface area contributed by atoms with Crippen LogP contribution in [0.25, 0.3) is 0 Å². The van der Waals surface area contributed by atoms with E-state index in [0.29, 0.717) is 23.7 Å². The first-order valence-electron chi connectivity index (χ1n) is 5.55. The number of piperidine rings is 1. The molecule has 90 valence electrons. The fraction of sp³-hybridized carbons (Fsp3) is 0.500. The molecule has 0 spiro atoms. The van der Waals surface area contributed by atoms with E-state index in [4.69, 9.17) is 5.73 Å². The van der Waals surface area contributed by atoms with Crippen LogP contribution in [0.15, 0.2) is 12.1 Å². The number of hydrogen-bond acceptors (Lipinski definition) is 6. The van der Waals surface area contributed by atoms with E-state index in [1.54, 1.807) is 6.07 Å². The molecule has 1 saturated carbocycles. The lowest BCUT2D eigenvalue weighted by atomic mass is 10.3. The number of nitro groups is 1. The van der Waals surface area contributed by atoms with Crippen LogP contribution >= 0.6 is 0 Å². The standard InChI is InChI=1S/C10H13N5O2/c11-10-7(15(16)17)1-2-8(14-10)13-9-5-3-12-4-6(5)9/h1-2,5-6,9,12H,3-4H2,(H3,11,13,14). The van der Waals surface area contributed by atoms with Gasteiger partial charge in [0.2, 0.25) is 5.82 Å². The Bertz CT molecular complexity index is 468. The summed E-state index contributed by atoms with van der Waals surface area (Å²) in [5.41, 5.74) is 5.38. The average Bonchev–Trinajstić information content (AvgIpc) is 2.74. The van der Waals surface area contributed by atoms with Crippen molar-refractivity contribution in [3.8, 4) is 0 Å². The molecular weight excluding hydrogens is 222 g/mol. The van der Waals surface area contributed by atoms with Crippen LogP contribution in [-0.4, -0.2) is 29.0 Å². The lowest BCUT2D eigenvalue weighted by Crippen LogP contribution is -2.21. The monoisotopic (exact) mass is 235 g/mol. The fourth-order valence-corrected chi connectivity index (χ4v) is 2.51. The van der Waals surface area contributed by atoms with E-state index in [9.17, 15) is 10.1 Å². The van der Waals surface area contributed by atoms with Gasteiger partial charge in [0.25, 0.3) is 0 Å². The summed E-state index contributed by atoms with van der Waals surface area (Å²) in [6, 6.07) is 3.43. The van der Waals surface area contributed by atoms with Crippen molar-refractivity contribution in [1.29, 1.82) is 0 Å². The molecule has 1 saturated heterocycles. The van der Waals surface area contributed by atoms with Gasteiger partial charge in [-0.15, -0.1) is 0 Å². The zero-order chi connectivity index (χ0) is 12.0. The van der Waals surface area contributed by atoms with Gasteiger partial charge in [0.1, 0.15) is 5.82 Å². The van der Waals surface area contributed by atoms with Crippen LogP contribution < -0.4 is 16.4 Å². The largest absolute Gasteiger partial charge is 0.378 e. The first-order chi connectivity index (χ1) is 8.16. The summed E-state index contributed by atoms with van der Waals surface area (Å²) in [6.45, 7) is 2.07. The number of hydrogen-bond donors (Lipinski definition) is 3. The van der Waals surface area contributed by atoms with Crippen molar-refractivity contribution >= 4 is 17.3 Å². The van der Waals surface area contributed by atoms with Crippen LogP contribution in [0.5, 0.6) is 0 Å². The molecule has 2 heterocycles. The first kappa shape index (κ1) is 10.3. The molecule has 2 aliphatic rings. The third-order valence-electron chi connectivity index (χ3n) is 3.51. The molecule has 0 aromatic carbocycles. The van der Waals surface area contributed by atoms with Crippen molar-refractivity contribution in [2.45, 2.75) is 6.04 Å². The fourth-order valence-electron chi connectivity index (χ4n) is 2.51. The molecule has 7 nitrogen and oxygen atoms in total. The van der Waals surface area contributed by atoms with Gasteiger partial charge in [-0.1, -0.05) is 0 Å². The predicted octanol–water partition coefficient (Wildman–Crippen LogP) is 0.202. The molecule has 2 fully saturated rings. The van der Waals surface area contributed by atoms with Crippen LogP contribution in [0, 0.1) is 22.0 Å². The molecule has 0 radical (unpaired) electrons. The molecule has 17 heavy (non-hydrogen) atoms. The number of nitrogen functional groups attached to an aromatic ring is 1. The SMILES string of the molecule is Nc1nc(NC2C3CNCC32)ccc1[N+](=O)[O-]. The molecule has 0 bridgehead atoms. The van der Waals surface area contributed by atoms with E-state index in [1.807, 2.05) is 0 Å². The van der Waals surface area contributed by atoms with E-state index in [2.05, 4.69) is 15.6 Å². The van der Waals surface area contributed by atoms with Gasteiger partial charge in [-0.25, -0.2) is 4.98 Å². The average molecular weight is 235 g/mol. The number of rotatable bonds is 3. The molecule has 3 rings (SSSR count). The minimum atomic E-state index is -0.526. The van der Waals surface area contributed by atoms with E-state index in [1.165, 1.54) is 6.07 Å². The maximum absolute atomic E-state index is 10.6. The maximum Gasteiger partial charge on any atom is 0.311 e. The Hall–Kier alpha value is -1.89. The minimum Gasteiger partial charge on any atom is -0.378 e. The number of anilines is 2. The lowest BCUT2D eigenvalue weighted by Gasteiger charge is -2.08. The Morgan fingerprint density at radius 3 is 2.76 bits per heavy atom. The molecule has 1 aromatic rings. The van der Waals surface area contributed by atoms with Crippen molar-refractivity contribution < 1.29 is 4.92 Å².